The molecule has 0 spiro atoms. The summed E-state index contributed by atoms with van der Waals surface area (Å²) < 4.78 is 0. The zero-order valence-corrected chi connectivity index (χ0v) is 9.74. The second-order valence-corrected chi connectivity index (χ2v) is 4.00. The van der Waals surface area contributed by atoms with Crippen LogP contribution in [0, 0.1) is 6.92 Å². The number of amides is 2. The van der Waals surface area contributed by atoms with Crippen LogP contribution in [0.3, 0.4) is 0 Å². The van der Waals surface area contributed by atoms with Gasteiger partial charge in [-0.3, -0.25) is 4.90 Å². The second-order valence-electron chi connectivity index (χ2n) is 4.00. The number of rotatable bonds is 2. The Morgan fingerprint density at radius 2 is 1.80 bits per heavy atom. The van der Waals surface area contributed by atoms with Crippen molar-refractivity contribution in [2.24, 2.45) is 0 Å². The van der Waals surface area contributed by atoms with Gasteiger partial charge < -0.3 is 5.32 Å². The minimum absolute atomic E-state index is 0.0751. The van der Waals surface area contributed by atoms with Crippen LogP contribution < -0.4 is 10.2 Å². The average molecular weight is 206 g/mol. The molecule has 0 bridgehead atoms. The lowest BCUT2D eigenvalue weighted by Crippen LogP contribution is -2.40. The van der Waals surface area contributed by atoms with E-state index in [-0.39, 0.29) is 12.1 Å². The van der Waals surface area contributed by atoms with Gasteiger partial charge in [0, 0.05) is 18.8 Å². The van der Waals surface area contributed by atoms with Gasteiger partial charge in [0.15, 0.2) is 0 Å². The Labute approximate surface area is 91.1 Å². The van der Waals surface area contributed by atoms with Crippen molar-refractivity contribution in [2.75, 3.05) is 11.9 Å². The number of anilines is 1. The third-order valence-electron chi connectivity index (χ3n) is 2.14. The second kappa shape index (κ2) is 4.82. The monoisotopic (exact) mass is 206 g/mol. The molecule has 0 atom stereocenters. The average Bonchev–Trinajstić information content (AvgIpc) is 2.17. The van der Waals surface area contributed by atoms with Crippen LogP contribution in [-0.2, 0) is 0 Å². The van der Waals surface area contributed by atoms with Crippen LogP contribution in [0.4, 0.5) is 10.5 Å². The molecule has 0 saturated carbocycles. The first-order chi connectivity index (χ1) is 7.00. The molecule has 1 aromatic carbocycles. The molecule has 82 valence electrons. The first kappa shape index (κ1) is 11.6. The molecule has 0 radical (unpaired) electrons. The van der Waals surface area contributed by atoms with Crippen LogP contribution in [0.15, 0.2) is 24.3 Å². The zero-order chi connectivity index (χ0) is 11.4. The van der Waals surface area contributed by atoms with Gasteiger partial charge in [0.1, 0.15) is 0 Å². The molecule has 0 heterocycles. The molecular formula is C12H18N2O. The molecule has 3 heteroatoms. The summed E-state index contributed by atoms with van der Waals surface area (Å²) in [6, 6.07) is 7.95. The van der Waals surface area contributed by atoms with Gasteiger partial charge in [0.2, 0.25) is 0 Å². The van der Waals surface area contributed by atoms with E-state index in [2.05, 4.69) is 5.32 Å². The highest BCUT2D eigenvalue weighted by molar-refractivity contribution is 5.91. The minimum Gasteiger partial charge on any atom is -0.336 e. The first-order valence-corrected chi connectivity index (χ1v) is 5.11. The molecule has 1 rings (SSSR count). The van der Waals surface area contributed by atoms with Gasteiger partial charge in [-0.2, -0.15) is 0 Å². The lowest BCUT2D eigenvalue weighted by Gasteiger charge is -2.19. The quantitative estimate of drug-likeness (QED) is 0.792. The van der Waals surface area contributed by atoms with E-state index in [1.165, 1.54) is 5.56 Å². The number of aryl methyl sites for hydroxylation is 1. The fraction of sp³-hybridized carbons (Fsp3) is 0.417. The van der Waals surface area contributed by atoms with Crippen LogP contribution in [0.1, 0.15) is 19.4 Å². The lowest BCUT2D eigenvalue weighted by atomic mass is 10.2. The van der Waals surface area contributed by atoms with E-state index in [0.29, 0.717) is 0 Å². The summed E-state index contributed by atoms with van der Waals surface area (Å²) in [7, 11) is 1.77. The van der Waals surface area contributed by atoms with E-state index in [4.69, 9.17) is 0 Å². The topological polar surface area (TPSA) is 32.3 Å². The third kappa shape index (κ3) is 3.27. The van der Waals surface area contributed by atoms with E-state index >= 15 is 0 Å². The maximum absolute atomic E-state index is 11.7. The Morgan fingerprint density at radius 3 is 2.27 bits per heavy atom. The van der Waals surface area contributed by atoms with Gasteiger partial charge in [-0.25, -0.2) is 4.79 Å². The summed E-state index contributed by atoms with van der Waals surface area (Å²) in [4.78, 5) is 13.3. The molecule has 0 fully saturated rings. The third-order valence-corrected chi connectivity index (χ3v) is 2.14. The highest BCUT2D eigenvalue weighted by Crippen LogP contribution is 2.13. The molecular weight excluding hydrogens is 188 g/mol. The Hall–Kier alpha value is -1.51. The SMILES string of the molecule is Cc1ccc(N(C)C(=O)NC(C)C)cc1. The van der Waals surface area contributed by atoms with Crippen LogP contribution in [0.5, 0.6) is 0 Å². The molecule has 15 heavy (non-hydrogen) atoms. The summed E-state index contributed by atoms with van der Waals surface area (Å²) in [5.74, 6) is 0. The van der Waals surface area contributed by atoms with E-state index in [1.54, 1.807) is 11.9 Å². The summed E-state index contributed by atoms with van der Waals surface area (Å²) >= 11 is 0. The van der Waals surface area contributed by atoms with E-state index < -0.39 is 0 Å². The zero-order valence-electron chi connectivity index (χ0n) is 9.74. The number of hydrogen-bond donors (Lipinski definition) is 1. The van der Waals surface area contributed by atoms with Gasteiger partial charge in [-0.15, -0.1) is 0 Å². The van der Waals surface area contributed by atoms with Crippen molar-refractivity contribution in [1.29, 1.82) is 0 Å². The Morgan fingerprint density at radius 1 is 1.27 bits per heavy atom. The number of carbonyl (C=O) groups is 1. The number of carbonyl (C=O) groups excluding carboxylic acids is 1. The normalized spacial score (nSPS) is 10.2. The molecule has 0 aliphatic heterocycles. The van der Waals surface area contributed by atoms with Crippen molar-refractivity contribution in [1.82, 2.24) is 5.32 Å². The Kier molecular flexibility index (Phi) is 3.72. The smallest absolute Gasteiger partial charge is 0.321 e. The first-order valence-electron chi connectivity index (χ1n) is 5.11. The van der Waals surface area contributed by atoms with Crippen molar-refractivity contribution in [3.8, 4) is 0 Å². The van der Waals surface area contributed by atoms with Crippen LogP contribution >= 0.6 is 0 Å². The molecule has 2 amide bonds. The predicted octanol–water partition coefficient (Wildman–Crippen LogP) is 2.55. The van der Waals surface area contributed by atoms with Crippen molar-refractivity contribution in [2.45, 2.75) is 26.8 Å². The number of benzene rings is 1. The fourth-order valence-electron chi connectivity index (χ4n) is 1.23. The number of urea groups is 1. The summed E-state index contributed by atoms with van der Waals surface area (Å²) in [5, 5.41) is 2.84. The van der Waals surface area contributed by atoms with Crippen molar-refractivity contribution < 1.29 is 4.79 Å². The highest BCUT2D eigenvalue weighted by Gasteiger charge is 2.10. The summed E-state index contributed by atoms with van der Waals surface area (Å²) in [5.41, 5.74) is 2.09. The molecule has 0 saturated heterocycles. The van der Waals surface area contributed by atoms with Crippen LogP contribution in [0.2, 0.25) is 0 Å². The van der Waals surface area contributed by atoms with Crippen molar-refractivity contribution >= 4 is 11.7 Å². The molecule has 0 aliphatic carbocycles. The predicted molar refractivity (Wildman–Crippen MR) is 63.2 cm³/mol. The largest absolute Gasteiger partial charge is 0.336 e. The van der Waals surface area contributed by atoms with E-state index in [0.717, 1.165) is 5.69 Å². The number of nitrogens with zero attached hydrogens (tertiary/aromatic N) is 1. The highest BCUT2D eigenvalue weighted by atomic mass is 16.2. The van der Waals surface area contributed by atoms with E-state index in [1.807, 2.05) is 45.0 Å². The maximum atomic E-state index is 11.7. The van der Waals surface area contributed by atoms with Gasteiger partial charge in [-0.1, -0.05) is 17.7 Å². The van der Waals surface area contributed by atoms with E-state index in [9.17, 15) is 4.79 Å². The Bertz CT molecular complexity index is 330. The number of nitrogens with one attached hydrogen (secondary N) is 1. The Balaban J connectivity index is 2.71. The molecule has 1 aromatic rings. The summed E-state index contributed by atoms with van der Waals surface area (Å²) in [6.07, 6.45) is 0. The van der Waals surface area contributed by atoms with Gasteiger partial charge in [0.25, 0.3) is 0 Å². The molecule has 1 N–H and O–H groups in total. The van der Waals surface area contributed by atoms with Crippen LogP contribution in [0.25, 0.3) is 0 Å². The summed E-state index contributed by atoms with van der Waals surface area (Å²) in [6.45, 7) is 5.92. The fourth-order valence-corrected chi connectivity index (χ4v) is 1.23. The van der Waals surface area contributed by atoms with Gasteiger partial charge in [0.05, 0.1) is 0 Å². The number of hydrogen-bond acceptors (Lipinski definition) is 1. The maximum Gasteiger partial charge on any atom is 0.321 e. The standard InChI is InChI=1S/C12H18N2O/c1-9(2)13-12(15)14(4)11-7-5-10(3)6-8-11/h5-9H,1-4H3,(H,13,15). The van der Waals surface area contributed by atoms with Crippen molar-refractivity contribution in [3.63, 3.8) is 0 Å². The minimum atomic E-state index is -0.0751. The van der Waals surface area contributed by atoms with Crippen LogP contribution in [-0.4, -0.2) is 19.1 Å². The molecule has 3 nitrogen and oxygen atoms in total. The molecule has 0 unspecified atom stereocenters. The molecule has 0 aliphatic rings. The van der Waals surface area contributed by atoms with Crippen molar-refractivity contribution in [3.05, 3.63) is 29.8 Å². The van der Waals surface area contributed by atoms with Gasteiger partial charge in [-0.05, 0) is 32.9 Å². The molecule has 0 aromatic heterocycles. The van der Waals surface area contributed by atoms with Gasteiger partial charge >= 0.3 is 6.03 Å². The lowest BCUT2D eigenvalue weighted by molar-refractivity contribution is 0.245.